The van der Waals surface area contributed by atoms with Gasteiger partial charge in [-0.25, -0.2) is 0 Å². The van der Waals surface area contributed by atoms with Crippen LogP contribution in [0, 0.1) is 0 Å². The Kier molecular flexibility index (Phi) is 6.23. The first-order valence-corrected chi connectivity index (χ1v) is 5.04. The highest BCUT2D eigenvalue weighted by molar-refractivity contribution is 5.81. The molecule has 1 aromatic carbocycles. The third kappa shape index (κ3) is 5.89. The lowest BCUT2D eigenvalue weighted by Crippen LogP contribution is -2.09. The quantitative estimate of drug-likeness (QED) is 0.422. The van der Waals surface area contributed by atoms with E-state index in [2.05, 4.69) is 4.99 Å². The largest absolute Gasteiger partial charge is 0.504 e. The van der Waals surface area contributed by atoms with E-state index in [0.717, 1.165) is 5.56 Å². The average molecular weight is 241 g/mol. The first-order chi connectivity index (χ1) is 7.92. The van der Waals surface area contributed by atoms with Gasteiger partial charge >= 0.3 is 0 Å². The van der Waals surface area contributed by atoms with Gasteiger partial charge in [0.05, 0.1) is 12.6 Å². The van der Waals surface area contributed by atoms with Crippen LogP contribution in [0.3, 0.4) is 0 Å². The molecule has 0 spiro atoms. The number of phenols is 1. The summed E-state index contributed by atoms with van der Waals surface area (Å²) in [5.41, 5.74) is 0.824. The number of rotatable bonds is 2. The fraction of sp³-hybridized carbons (Fsp3) is 0.417. The molecule has 0 fully saturated rings. The summed E-state index contributed by atoms with van der Waals surface area (Å²) in [4.78, 5) is 4.37. The maximum atomic E-state index is 9.39. The molecule has 17 heavy (non-hydrogen) atoms. The lowest BCUT2D eigenvalue weighted by atomic mass is 10.1. The highest BCUT2D eigenvalue weighted by Gasteiger charge is 2.05. The van der Waals surface area contributed by atoms with E-state index in [1.54, 1.807) is 24.4 Å². The zero-order valence-electron chi connectivity index (χ0n) is 10.5. The van der Waals surface area contributed by atoms with Crippen LogP contribution in [0.4, 0.5) is 0 Å². The number of aromatic hydroxyl groups is 1. The van der Waals surface area contributed by atoms with E-state index in [-0.39, 0.29) is 11.3 Å². The van der Waals surface area contributed by atoms with Gasteiger partial charge in [-0.3, -0.25) is 15.5 Å². The molecule has 0 aliphatic carbocycles. The molecule has 0 saturated carbocycles. The normalized spacial score (nSPS) is 10.9. The Labute approximate surface area is 101 Å². The first-order valence-electron chi connectivity index (χ1n) is 5.04. The highest BCUT2D eigenvalue weighted by atomic mass is 17.0. The van der Waals surface area contributed by atoms with E-state index >= 15 is 0 Å². The number of aliphatic imine (C=N–C) groups is 1. The molecular formula is C12H19NO4. The van der Waals surface area contributed by atoms with Crippen LogP contribution in [-0.2, 0) is 0 Å². The molecule has 1 aromatic rings. The molecule has 0 saturated heterocycles. The molecule has 0 unspecified atom stereocenters. The Morgan fingerprint density at radius 2 is 1.82 bits per heavy atom. The zero-order chi connectivity index (χ0) is 13.5. The minimum Gasteiger partial charge on any atom is -0.504 e. The van der Waals surface area contributed by atoms with Gasteiger partial charge in [0.25, 0.3) is 0 Å². The maximum absolute atomic E-state index is 9.39. The number of hydrogen-bond donors (Lipinski definition) is 3. The highest BCUT2D eigenvalue weighted by Crippen LogP contribution is 2.25. The Hall–Kier alpha value is -1.59. The summed E-state index contributed by atoms with van der Waals surface area (Å²) in [6.45, 7) is 6.09. The van der Waals surface area contributed by atoms with E-state index in [1.807, 2.05) is 20.8 Å². The van der Waals surface area contributed by atoms with Crippen LogP contribution < -0.4 is 4.74 Å². The van der Waals surface area contributed by atoms with E-state index in [4.69, 9.17) is 15.3 Å². The van der Waals surface area contributed by atoms with Crippen molar-refractivity contribution in [1.82, 2.24) is 0 Å². The smallest absolute Gasteiger partial charge is 0.161 e. The molecule has 0 radical (unpaired) electrons. The molecule has 5 heteroatoms. The van der Waals surface area contributed by atoms with Crippen LogP contribution in [0.1, 0.15) is 26.3 Å². The molecule has 0 aliphatic rings. The van der Waals surface area contributed by atoms with Gasteiger partial charge < -0.3 is 9.84 Å². The molecule has 0 aromatic heterocycles. The number of nitrogens with zero attached hydrogens (tertiary/aromatic N) is 1. The van der Waals surface area contributed by atoms with Gasteiger partial charge in [0, 0.05) is 6.21 Å². The summed E-state index contributed by atoms with van der Waals surface area (Å²) in [5, 5.41) is 21.4. The van der Waals surface area contributed by atoms with Crippen molar-refractivity contribution in [2.75, 3.05) is 7.11 Å². The minimum absolute atomic E-state index is 0.0921. The second kappa shape index (κ2) is 6.88. The van der Waals surface area contributed by atoms with Crippen molar-refractivity contribution in [3.05, 3.63) is 23.8 Å². The van der Waals surface area contributed by atoms with E-state index in [0.29, 0.717) is 5.75 Å². The van der Waals surface area contributed by atoms with Gasteiger partial charge in [0.15, 0.2) is 11.5 Å². The summed E-state index contributed by atoms with van der Waals surface area (Å²) in [6.07, 6.45) is 1.78. The first kappa shape index (κ1) is 15.4. The van der Waals surface area contributed by atoms with Crippen LogP contribution in [-0.4, -0.2) is 34.5 Å². The van der Waals surface area contributed by atoms with Crippen LogP contribution in [0.2, 0.25) is 0 Å². The lowest BCUT2D eigenvalue weighted by molar-refractivity contribution is -0.176. The third-order valence-corrected chi connectivity index (χ3v) is 1.80. The number of ether oxygens (including phenoxy) is 1. The van der Waals surface area contributed by atoms with Gasteiger partial charge in [0.1, 0.15) is 0 Å². The average Bonchev–Trinajstić information content (AvgIpc) is 2.29. The molecule has 5 nitrogen and oxygen atoms in total. The van der Waals surface area contributed by atoms with Crippen molar-refractivity contribution in [2.45, 2.75) is 26.3 Å². The second-order valence-corrected chi connectivity index (χ2v) is 4.36. The lowest BCUT2D eigenvalue weighted by Gasteiger charge is -2.11. The standard InChI is InChI=1S/C12H17NO2.H2O2/c1-12(2,3)13-8-9-5-6-10(14)11(7-9)15-4;1-2/h5-8,14H,1-4H3;1-2H. The topological polar surface area (TPSA) is 82.3 Å². The zero-order valence-corrected chi connectivity index (χ0v) is 10.5. The third-order valence-electron chi connectivity index (χ3n) is 1.80. The predicted octanol–water partition coefficient (Wildman–Crippen LogP) is 2.64. The Morgan fingerprint density at radius 3 is 2.29 bits per heavy atom. The number of benzene rings is 1. The molecule has 0 amide bonds. The summed E-state index contributed by atoms with van der Waals surface area (Å²) in [5.74, 6) is 0.610. The van der Waals surface area contributed by atoms with Crippen molar-refractivity contribution in [2.24, 2.45) is 4.99 Å². The maximum Gasteiger partial charge on any atom is 0.161 e. The second-order valence-electron chi connectivity index (χ2n) is 4.36. The predicted molar refractivity (Wildman–Crippen MR) is 67.3 cm³/mol. The summed E-state index contributed by atoms with van der Waals surface area (Å²) >= 11 is 0. The number of phenolic OH excluding ortho intramolecular Hbond substituents is 1. The van der Waals surface area contributed by atoms with Crippen LogP contribution in [0.25, 0.3) is 0 Å². The molecule has 3 N–H and O–H groups in total. The molecule has 0 atom stereocenters. The molecule has 1 rings (SSSR count). The van der Waals surface area contributed by atoms with Crippen molar-refractivity contribution >= 4 is 6.21 Å². The SMILES string of the molecule is COc1cc(C=NC(C)(C)C)ccc1O.OO. The number of hydrogen-bond acceptors (Lipinski definition) is 5. The number of methoxy groups -OCH3 is 1. The molecule has 96 valence electrons. The fourth-order valence-corrected chi connectivity index (χ4v) is 1.04. The van der Waals surface area contributed by atoms with Crippen molar-refractivity contribution < 1.29 is 20.4 Å². The van der Waals surface area contributed by atoms with Crippen molar-refractivity contribution in [3.63, 3.8) is 0 Å². The van der Waals surface area contributed by atoms with Crippen molar-refractivity contribution in [1.29, 1.82) is 0 Å². The van der Waals surface area contributed by atoms with Gasteiger partial charge in [-0.05, 0) is 44.5 Å². The van der Waals surface area contributed by atoms with E-state index in [1.165, 1.54) is 7.11 Å². The van der Waals surface area contributed by atoms with E-state index in [9.17, 15) is 5.11 Å². The molecule has 0 heterocycles. The van der Waals surface area contributed by atoms with Gasteiger partial charge in [-0.2, -0.15) is 0 Å². The summed E-state index contributed by atoms with van der Waals surface area (Å²) in [7, 11) is 1.53. The van der Waals surface area contributed by atoms with Crippen LogP contribution in [0.5, 0.6) is 11.5 Å². The van der Waals surface area contributed by atoms with Gasteiger partial charge in [0.2, 0.25) is 0 Å². The molecule has 0 aliphatic heterocycles. The molecular weight excluding hydrogens is 222 g/mol. The minimum atomic E-state index is -0.0921. The van der Waals surface area contributed by atoms with Crippen LogP contribution in [0.15, 0.2) is 23.2 Å². The summed E-state index contributed by atoms with van der Waals surface area (Å²) < 4.78 is 5.01. The van der Waals surface area contributed by atoms with E-state index < -0.39 is 0 Å². The Bertz CT molecular complexity index is 369. The monoisotopic (exact) mass is 241 g/mol. The Balaban J connectivity index is 0.00000121. The van der Waals surface area contributed by atoms with Crippen molar-refractivity contribution in [3.8, 4) is 11.5 Å². The van der Waals surface area contributed by atoms with Gasteiger partial charge in [-0.1, -0.05) is 0 Å². The Morgan fingerprint density at radius 1 is 1.24 bits per heavy atom. The molecule has 0 bridgehead atoms. The van der Waals surface area contributed by atoms with Crippen LogP contribution >= 0.6 is 0 Å². The summed E-state index contributed by atoms with van der Waals surface area (Å²) in [6, 6.07) is 5.15. The fourth-order valence-electron chi connectivity index (χ4n) is 1.04. The van der Waals surface area contributed by atoms with Gasteiger partial charge in [-0.15, -0.1) is 0 Å².